The number of amides is 2. The van der Waals surface area contributed by atoms with Gasteiger partial charge in [0.15, 0.2) is 0 Å². The lowest BCUT2D eigenvalue weighted by Crippen LogP contribution is -2.40. The predicted molar refractivity (Wildman–Crippen MR) is 89.0 cm³/mol. The van der Waals surface area contributed by atoms with E-state index in [1.165, 1.54) is 0 Å². The molecule has 0 bridgehead atoms. The lowest BCUT2D eigenvalue weighted by Gasteiger charge is -2.22. The van der Waals surface area contributed by atoms with Gasteiger partial charge >= 0.3 is 6.09 Å². The van der Waals surface area contributed by atoms with E-state index in [0.717, 1.165) is 15.7 Å². The number of hydrogen-bond donors (Lipinski definition) is 1. The first kappa shape index (κ1) is 16.8. The Morgan fingerprint density at radius 1 is 1.41 bits per heavy atom. The number of anilines is 1. The van der Waals surface area contributed by atoms with Gasteiger partial charge < -0.3 is 15.0 Å². The molecule has 2 rings (SSSR count). The van der Waals surface area contributed by atoms with Crippen LogP contribution in [0.25, 0.3) is 0 Å². The molecule has 1 fully saturated rings. The Hall–Kier alpha value is -1.56. The Balaban J connectivity index is 2.01. The molecule has 2 amide bonds. The minimum absolute atomic E-state index is 0.00258. The number of aryl methyl sites for hydroxylation is 1. The molecule has 1 aromatic carbocycles. The van der Waals surface area contributed by atoms with E-state index in [4.69, 9.17) is 4.74 Å². The summed E-state index contributed by atoms with van der Waals surface area (Å²) in [5, 5.41) is 2.76. The number of nitrogens with one attached hydrogen (secondary N) is 1. The van der Waals surface area contributed by atoms with Crippen molar-refractivity contribution in [2.24, 2.45) is 0 Å². The van der Waals surface area contributed by atoms with E-state index in [9.17, 15) is 9.59 Å². The van der Waals surface area contributed by atoms with Crippen molar-refractivity contribution in [2.45, 2.75) is 45.8 Å². The fourth-order valence-electron chi connectivity index (χ4n) is 2.32. The molecule has 0 unspecified atom stereocenters. The number of carbonyl (C=O) groups is 2. The molecule has 1 aromatic rings. The molecular weight excluding hydrogens is 348 g/mol. The zero-order valence-electron chi connectivity index (χ0n) is 13.3. The number of alkyl carbamates (subject to hydrolysis) is 1. The number of nitrogens with zero attached hydrogens (tertiary/aromatic N) is 1. The molecule has 120 valence electrons. The van der Waals surface area contributed by atoms with Gasteiger partial charge in [0.05, 0.1) is 6.04 Å². The molecular formula is C16H21BrN2O3. The third-order valence-corrected chi connectivity index (χ3v) is 4.19. The molecule has 1 aliphatic rings. The van der Waals surface area contributed by atoms with Crippen LogP contribution in [0.3, 0.4) is 0 Å². The largest absolute Gasteiger partial charge is 0.444 e. The molecule has 22 heavy (non-hydrogen) atoms. The highest BCUT2D eigenvalue weighted by molar-refractivity contribution is 9.10. The normalized spacial score (nSPS) is 18.5. The van der Waals surface area contributed by atoms with Crippen molar-refractivity contribution in [1.82, 2.24) is 5.32 Å². The van der Waals surface area contributed by atoms with Crippen molar-refractivity contribution in [3.05, 3.63) is 28.2 Å². The number of benzene rings is 1. The highest BCUT2D eigenvalue weighted by atomic mass is 79.9. The summed E-state index contributed by atoms with van der Waals surface area (Å²) in [4.78, 5) is 25.7. The summed E-state index contributed by atoms with van der Waals surface area (Å²) in [5.41, 5.74) is 1.36. The Bertz CT molecular complexity index is 596. The second kappa shape index (κ2) is 6.28. The third kappa shape index (κ3) is 4.22. The van der Waals surface area contributed by atoms with Crippen molar-refractivity contribution in [3.8, 4) is 0 Å². The molecule has 1 N–H and O–H groups in total. The number of carbonyl (C=O) groups excluding carboxylic acids is 2. The van der Waals surface area contributed by atoms with Gasteiger partial charge in [-0.1, -0.05) is 15.9 Å². The lowest BCUT2D eigenvalue weighted by atomic mass is 10.2. The zero-order valence-corrected chi connectivity index (χ0v) is 14.9. The van der Waals surface area contributed by atoms with Gasteiger partial charge in [0.2, 0.25) is 5.91 Å². The standard InChI is InChI=1S/C16H21BrN2O3/c1-10-7-12(5-6-13(10)17)19-9-11(8-14(19)20)18-15(21)22-16(2,3)4/h5-7,11H,8-9H2,1-4H3,(H,18,21)/t11-/m0/s1. The fraction of sp³-hybridized carbons (Fsp3) is 0.500. The van der Waals surface area contributed by atoms with Crippen LogP contribution in [0.15, 0.2) is 22.7 Å². The quantitative estimate of drug-likeness (QED) is 0.870. The predicted octanol–water partition coefficient (Wildman–Crippen LogP) is 3.39. The van der Waals surface area contributed by atoms with E-state index in [1.807, 2.05) is 45.9 Å². The molecule has 0 radical (unpaired) electrons. The summed E-state index contributed by atoms with van der Waals surface area (Å²) in [6.45, 7) is 7.86. The first-order valence-corrected chi connectivity index (χ1v) is 8.01. The maximum absolute atomic E-state index is 12.2. The van der Waals surface area contributed by atoms with E-state index >= 15 is 0 Å². The molecule has 0 aromatic heterocycles. The first-order valence-electron chi connectivity index (χ1n) is 7.22. The van der Waals surface area contributed by atoms with Gasteiger partial charge in [-0.15, -0.1) is 0 Å². The monoisotopic (exact) mass is 368 g/mol. The number of halogens is 1. The van der Waals surface area contributed by atoms with E-state index in [0.29, 0.717) is 6.54 Å². The van der Waals surface area contributed by atoms with Crippen LogP contribution in [0.2, 0.25) is 0 Å². The van der Waals surface area contributed by atoms with Gasteiger partial charge in [-0.05, 0) is 51.5 Å². The summed E-state index contributed by atoms with van der Waals surface area (Å²) in [6, 6.07) is 5.54. The van der Waals surface area contributed by atoms with Gasteiger partial charge in [0.25, 0.3) is 0 Å². The molecule has 1 aliphatic heterocycles. The Morgan fingerprint density at radius 3 is 2.68 bits per heavy atom. The summed E-state index contributed by atoms with van der Waals surface area (Å²) in [7, 11) is 0. The van der Waals surface area contributed by atoms with Crippen LogP contribution in [0.4, 0.5) is 10.5 Å². The van der Waals surface area contributed by atoms with E-state index in [-0.39, 0.29) is 18.4 Å². The molecule has 0 saturated carbocycles. The fourth-order valence-corrected chi connectivity index (χ4v) is 2.57. The molecule has 5 nitrogen and oxygen atoms in total. The molecule has 1 atom stereocenters. The summed E-state index contributed by atoms with van der Waals surface area (Å²) in [6.07, 6.45) is -0.201. The average Bonchev–Trinajstić information content (AvgIpc) is 2.71. The van der Waals surface area contributed by atoms with E-state index in [1.54, 1.807) is 4.90 Å². The number of rotatable bonds is 2. The molecule has 1 saturated heterocycles. The van der Waals surface area contributed by atoms with Crippen molar-refractivity contribution < 1.29 is 14.3 Å². The topological polar surface area (TPSA) is 58.6 Å². The maximum Gasteiger partial charge on any atom is 0.407 e. The SMILES string of the molecule is Cc1cc(N2C[C@@H](NC(=O)OC(C)(C)C)CC2=O)ccc1Br. The van der Waals surface area contributed by atoms with Crippen molar-refractivity contribution in [2.75, 3.05) is 11.4 Å². The van der Waals surface area contributed by atoms with Crippen LogP contribution < -0.4 is 10.2 Å². The van der Waals surface area contributed by atoms with Crippen molar-refractivity contribution in [1.29, 1.82) is 0 Å². The van der Waals surface area contributed by atoms with Crippen LogP contribution in [0.5, 0.6) is 0 Å². The zero-order chi connectivity index (χ0) is 16.5. The number of ether oxygens (including phenoxy) is 1. The van der Waals surface area contributed by atoms with Gasteiger partial charge in [-0.3, -0.25) is 4.79 Å². The van der Waals surface area contributed by atoms with Crippen LogP contribution in [0.1, 0.15) is 32.8 Å². The summed E-state index contributed by atoms with van der Waals surface area (Å²) >= 11 is 3.45. The minimum atomic E-state index is -0.546. The third-order valence-electron chi connectivity index (χ3n) is 3.30. The highest BCUT2D eigenvalue weighted by Crippen LogP contribution is 2.26. The average molecular weight is 369 g/mol. The lowest BCUT2D eigenvalue weighted by molar-refractivity contribution is -0.117. The van der Waals surface area contributed by atoms with Crippen molar-refractivity contribution >= 4 is 33.6 Å². The minimum Gasteiger partial charge on any atom is -0.444 e. The maximum atomic E-state index is 12.2. The molecule has 0 spiro atoms. The van der Waals surface area contributed by atoms with Crippen molar-refractivity contribution in [3.63, 3.8) is 0 Å². The van der Waals surface area contributed by atoms with Gasteiger partial charge in [-0.2, -0.15) is 0 Å². The van der Waals surface area contributed by atoms with E-state index < -0.39 is 11.7 Å². The molecule has 6 heteroatoms. The second-order valence-corrected chi connectivity index (χ2v) is 7.34. The Morgan fingerprint density at radius 2 is 2.09 bits per heavy atom. The molecule has 1 heterocycles. The van der Waals surface area contributed by atoms with Crippen LogP contribution >= 0.6 is 15.9 Å². The molecule has 0 aliphatic carbocycles. The smallest absolute Gasteiger partial charge is 0.407 e. The van der Waals surface area contributed by atoms with Gasteiger partial charge in [0.1, 0.15) is 5.60 Å². The highest BCUT2D eigenvalue weighted by Gasteiger charge is 2.32. The summed E-state index contributed by atoms with van der Waals surface area (Å²) < 4.78 is 6.23. The second-order valence-electron chi connectivity index (χ2n) is 6.49. The van der Waals surface area contributed by atoms with Crippen LogP contribution in [-0.4, -0.2) is 30.2 Å². The number of hydrogen-bond acceptors (Lipinski definition) is 3. The first-order chi connectivity index (χ1) is 10.2. The van der Waals surface area contributed by atoms with Crippen LogP contribution in [-0.2, 0) is 9.53 Å². The van der Waals surface area contributed by atoms with Gasteiger partial charge in [-0.25, -0.2) is 4.79 Å². The Labute approximate surface area is 139 Å². The van der Waals surface area contributed by atoms with Gasteiger partial charge in [0, 0.05) is 23.1 Å². The Kier molecular flexibility index (Phi) is 4.80. The van der Waals surface area contributed by atoms with Crippen LogP contribution in [0, 0.1) is 6.92 Å². The summed E-state index contributed by atoms with van der Waals surface area (Å²) in [5.74, 6) is 0.00258. The van der Waals surface area contributed by atoms with E-state index in [2.05, 4.69) is 21.2 Å².